The number of hydrogen-bond acceptors (Lipinski definition) is 4. The van der Waals surface area contributed by atoms with Crippen LogP contribution in [-0.2, 0) is 26.2 Å². The average Bonchev–Trinajstić information content (AvgIpc) is 2.87. The zero-order valence-electron chi connectivity index (χ0n) is 21.9. The number of hydrogen-bond donors (Lipinski definition) is 1. The Morgan fingerprint density at radius 3 is 2.29 bits per heavy atom. The molecule has 1 atom stereocenters. The maximum atomic E-state index is 13.9. The number of halogens is 2. The lowest BCUT2D eigenvalue weighted by molar-refractivity contribution is -0.140. The highest BCUT2D eigenvalue weighted by Gasteiger charge is 2.32. The standard InChI is InChI=1S/C28H33Cl2N3O4S/c1-5-25(28(35)31-16-19(2)3)32(17-20-13-14-23(29)24(30)15-20)27(34)18-33(38(4,36)37)26-12-8-10-21-9-6-7-11-22(21)26/h6-15,19,25H,5,16-18H2,1-4H3,(H,31,35)/t25-/m0/s1. The molecule has 3 aromatic carbocycles. The molecule has 0 aliphatic carbocycles. The first-order valence-electron chi connectivity index (χ1n) is 12.4. The van der Waals surface area contributed by atoms with Gasteiger partial charge in [0.05, 0.1) is 22.0 Å². The smallest absolute Gasteiger partial charge is 0.244 e. The molecule has 2 amide bonds. The van der Waals surface area contributed by atoms with E-state index in [-0.39, 0.29) is 18.4 Å². The summed E-state index contributed by atoms with van der Waals surface area (Å²) in [4.78, 5) is 28.5. The van der Waals surface area contributed by atoms with E-state index in [1.807, 2.05) is 51.1 Å². The molecule has 0 spiro atoms. The summed E-state index contributed by atoms with van der Waals surface area (Å²) in [5.41, 5.74) is 1.06. The van der Waals surface area contributed by atoms with Crippen LogP contribution in [0.25, 0.3) is 10.8 Å². The first kappa shape index (κ1) is 29.7. The molecule has 3 aromatic rings. The fourth-order valence-electron chi connectivity index (χ4n) is 4.20. The van der Waals surface area contributed by atoms with E-state index in [1.165, 1.54) is 4.90 Å². The van der Waals surface area contributed by atoms with Gasteiger partial charge in [-0.3, -0.25) is 13.9 Å². The number of nitrogens with zero attached hydrogens (tertiary/aromatic N) is 2. The zero-order chi connectivity index (χ0) is 28.0. The lowest BCUT2D eigenvalue weighted by Crippen LogP contribution is -2.52. The molecule has 204 valence electrons. The van der Waals surface area contributed by atoms with E-state index in [1.54, 1.807) is 30.3 Å². The fraction of sp³-hybridized carbons (Fsp3) is 0.357. The number of amides is 2. The van der Waals surface area contributed by atoms with Gasteiger partial charge in [0, 0.05) is 18.5 Å². The summed E-state index contributed by atoms with van der Waals surface area (Å²) in [6.07, 6.45) is 1.40. The van der Waals surface area contributed by atoms with E-state index in [0.717, 1.165) is 15.9 Å². The molecule has 0 aliphatic heterocycles. The van der Waals surface area contributed by atoms with Crippen LogP contribution in [0.2, 0.25) is 10.0 Å². The lowest BCUT2D eigenvalue weighted by atomic mass is 10.1. The molecule has 7 nitrogen and oxygen atoms in total. The average molecular weight is 579 g/mol. The monoisotopic (exact) mass is 577 g/mol. The van der Waals surface area contributed by atoms with E-state index >= 15 is 0 Å². The first-order valence-corrected chi connectivity index (χ1v) is 15.0. The maximum absolute atomic E-state index is 13.9. The fourth-order valence-corrected chi connectivity index (χ4v) is 5.38. The highest BCUT2D eigenvalue weighted by Crippen LogP contribution is 2.29. The second-order valence-electron chi connectivity index (χ2n) is 9.60. The highest BCUT2D eigenvalue weighted by atomic mass is 35.5. The molecule has 0 aliphatic rings. The number of nitrogens with one attached hydrogen (secondary N) is 1. The van der Waals surface area contributed by atoms with Crippen LogP contribution in [0.3, 0.4) is 0 Å². The van der Waals surface area contributed by atoms with Crippen molar-refractivity contribution in [1.29, 1.82) is 0 Å². The lowest BCUT2D eigenvalue weighted by Gasteiger charge is -2.33. The van der Waals surface area contributed by atoms with Crippen LogP contribution in [0, 0.1) is 5.92 Å². The van der Waals surface area contributed by atoms with Gasteiger partial charge in [-0.05, 0) is 41.5 Å². The molecular formula is C28H33Cl2N3O4S. The van der Waals surface area contributed by atoms with Crippen LogP contribution in [0.1, 0.15) is 32.8 Å². The van der Waals surface area contributed by atoms with Crippen molar-refractivity contribution in [2.75, 3.05) is 23.7 Å². The summed E-state index contributed by atoms with van der Waals surface area (Å²) in [5, 5.41) is 5.14. The van der Waals surface area contributed by atoms with E-state index in [4.69, 9.17) is 23.2 Å². The molecule has 3 rings (SSSR count). The summed E-state index contributed by atoms with van der Waals surface area (Å²) >= 11 is 12.3. The van der Waals surface area contributed by atoms with Crippen LogP contribution in [0.4, 0.5) is 5.69 Å². The number of benzene rings is 3. The molecule has 0 bridgehead atoms. The molecule has 0 heterocycles. The van der Waals surface area contributed by atoms with Gasteiger partial charge >= 0.3 is 0 Å². The molecule has 0 saturated heterocycles. The van der Waals surface area contributed by atoms with Crippen molar-refractivity contribution in [1.82, 2.24) is 10.2 Å². The van der Waals surface area contributed by atoms with Crippen LogP contribution in [0.15, 0.2) is 60.7 Å². The Hall–Kier alpha value is -2.81. The second kappa shape index (κ2) is 12.8. The van der Waals surface area contributed by atoms with Gasteiger partial charge in [-0.15, -0.1) is 0 Å². The van der Waals surface area contributed by atoms with Crippen molar-refractivity contribution < 1.29 is 18.0 Å². The topological polar surface area (TPSA) is 86.8 Å². The predicted octanol–water partition coefficient (Wildman–Crippen LogP) is 5.49. The minimum absolute atomic E-state index is 0.0521. The van der Waals surface area contributed by atoms with Crippen LogP contribution in [-0.4, -0.2) is 50.5 Å². The van der Waals surface area contributed by atoms with Gasteiger partial charge in [-0.1, -0.05) is 86.4 Å². The molecule has 0 aromatic heterocycles. The van der Waals surface area contributed by atoms with E-state index in [0.29, 0.717) is 39.6 Å². The number of rotatable bonds is 11. The Bertz CT molecular complexity index is 1410. The Morgan fingerprint density at radius 2 is 1.66 bits per heavy atom. The Kier molecular flexibility index (Phi) is 10.0. The summed E-state index contributed by atoms with van der Waals surface area (Å²) < 4.78 is 27.0. The maximum Gasteiger partial charge on any atom is 0.244 e. The van der Waals surface area contributed by atoms with Gasteiger partial charge in [-0.2, -0.15) is 0 Å². The Morgan fingerprint density at radius 1 is 0.974 bits per heavy atom. The van der Waals surface area contributed by atoms with Gasteiger partial charge in [0.2, 0.25) is 21.8 Å². The predicted molar refractivity (Wildman–Crippen MR) is 155 cm³/mol. The number of sulfonamides is 1. The summed E-state index contributed by atoms with van der Waals surface area (Å²) in [6, 6.07) is 16.9. The van der Waals surface area contributed by atoms with E-state index < -0.39 is 28.5 Å². The van der Waals surface area contributed by atoms with Crippen molar-refractivity contribution in [2.45, 2.75) is 39.8 Å². The van der Waals surface area contributed by atoms with Crippen molar-refractivity contribution in [2.24, 2.45) is 5.92 Å². The first-order chi connectivity index (χ1) is 17.9. The second-order valence-corrected chi connectivity index (χ2v) is 12.3. The molecule has 10 heteroatoms. The zero-order valence-corrected chi connectivity index (χ0v) is 24.3. The number of anilines is 1. The highest BCUT2D eigenvalue weighted by molar-refractivity contribution is 7.92. The van der Waals surface area contributed by atoms with Gasteiger partial charge in [0.25, 0.3) is 0 Å². The third kappa shape index (κ3) is 7.40. The van der Waals surface area contributed by atoms with E-state index in [2.05, 4.69) is 5.32 Å². The van der Waals surface area contributed by atoms with Crippen LogP contribution in [0.5, 0.6) is 0 Å². The van der Waals surface area contributed by atoms with E-state index in [9.17, 15) is 18.0 Å². The summed E-state index contributed by atoms with van der Waals surface area (Å²) in [6.45, 7) is 5.81. The quantitative estimate of drug-likeness (QED) is 0.326. The van der Waals surface area contributed by atoms with Gasteiger partial charge in [-0.25, -0.2) is 8.42 Å². The molecule has 0 unspecified atom stereocenters. The largest absolute Gasteiger partial charge is 0.354 e. The Labute approximate surface area is 234 Å². The van der Waals surface area contributed by atoms with Gasteiger partial charge < -0.3 is 10.2 Å². The molecular weight excluding hydrogens is 545 g/mol. The van der Waals surface area contributed by atoms with Crippen molar-refractivity contribution >= 4 is 61.5 Å². The molecule has 0 saturated carbocycles. The number of fused-ring (bicyclic) bond motifs is 1. The minimum Gasteiger partial charge on any atom is -0.354 e. The van der Waals surface area contributed by atoms with Gasteiger partial charge in [0.1, 0.15) is 12.6 Å². The third-order valence-corrected chi connectivity index (χ3v) is 7.99. The molecule has 1 N–H and O–H groups in total. The van der Waals surface area contributed by atoms with Crippen molar-refractivity contribution in [3.8, 4) is 0 Å². The Balaban J connectivity index is 2.02. The van der Waals surface area contributed by atoms with Crippen molar-refractivity contribution in [3.05, 3.63) is 76.3 Å². The third-order valence-electron chi connectivity index (χ3n) is 6.12. The number of carbonyl (C=O) groups is 2. The molecule has 0 fully saturated rings. The van der Waals surface area contributed by atoms with Crippen molar-refractivity contribution in [3.63, 3.8) is 0 Å². The minimum atomic E-state index is -3.85. The summed E-state index contributed by atoms with van der Waals surface area (Å²) in [7, 11) is -3.85. The molecule has 0 radical (unpaired) electrons. The molecule has 38 heavy (non-hydrogen) atoms. The number of carbonyl (C=O) groups excluding carboxylic acids is 2. The van der Waals surface area contributed by atoms with Crippen LogP contribution < -0.4 is 9.62 Å². The van der Waals surface area contributed by atoms with Gasteiger partial charge in [0.15, 0.2) is 0 Å². The normalized spacial score (nSPS) is 12.4. The summed E-state index contributed by atoms with van der Waals surface area (Å²) in [5.74, 6) is -0.588. The SMILES string of the molecule is CC[C@@H](C(=O)NCC(C)C)N(Cc1ccc(Cl)c(Cl)c1)C(=O)CN(c1cccc2ccccc12)S(C)(=O)=O. The van der Waals surface area contributed by atoms with Crippen LogP contribution >= 0.6 is 23.2 Å².